The molecule has 0 bridgehead atoms. The second kappa shape index (κ2) is 7.82. The smallest absolute Gasteiger partial charge is 0.248 e. The Morgan fingerprint density at radius 3 is 2.59 bits per heavy atom. The molecule has 0 spiro atoms. The summed E-state index contributed by atoms with van der Waals surface area (Å²) in [5.74, 6) is -0.266. The summed E-state index contributed by atoms with van der Waals surface area (Å²) in [6.45, 7) is 3.65. The van der Waals surface area contributed by atoms with Crippen LogP contribution < -0.4 is 4.90 Å². The van der Waals surface area contributed by atoms with Crippen LogP contribution in [0.2, 0.25) is 5.02 Å². The zero-order valence-electron chi connectivity index (χ0n) is 15.3. The molecule has 0 fully saturated rings. The molecule has 1 amide bonds. The quantitative estimate of drug-likeness (QED) is 0.768. The molecule has 1 aliphatic heterocycles. The number of carbonyl (C=O) groups excluding carboxylic acids is 1. The first kappa shape index (κ1) is 19.6. The SMILES string of the molecule is CCS(=O)(=O)CCN1C(=O)CN=C(c2ccccc2C)c2cc(Cl)ccc21. The predicted octanol–water partition coefficient (Wildman–Crippen LogP) is 3.27. The van der Waals surface area contributed by atoms with Crippen molar-refractivity contribution in [3.63, 3.8) is 0 Å². The van der Waals surface area contributed by atoms with Crippen molar-refractivity contribution in [2.75, 3.05) is 29.5 Å². The fourth-order valence-electron chi connectivity index (χ4n) is 3.07. The fourth-order valence-corrected chi connectivity index (χ4v) is 4.00. The molecule has 2 aromatic carbocycles. The third-order valence-corrected chi connectivity index (χ3v) is 6.56. The van der Waals surface area contributed by atoms with Gasteiger partial charge in [-0.15, -0.1) is 0 Å². The number of aryl methyl sites for hydroxylation is 1. The van der Waals surface area contributed by atoms with Crippen LogP contribution in [0.25, 0.3) is 0 Å². The number of nitrogens with zero attached hydrogens (tertiary/aromatic N) is 2. The number of anilines is 1. The van der Waals surface area contributed by atoms with Gasteiger partial charge in [0, 0.05) is 28.4 Å². The molecule has 1 aliphatic rings. The van der Waals surface area contributed by atoms with E-state index in [-0.39, 0.29) is 30.5 Å². The zero-order chi connectivity index (χ0) is 19.6. The van der Waals surface area contributed by atoms with Gasteiger partial charge in [0.05, 0.1) is 17.2 Å². The summed E-state index contributed by atoms with van der Waals surface area (Å²) in [5, 5.41) is 0.533. The van der Waals surface area contributed by atoms with Crippen LogP contribution >= 0.6 is 11.6 Å². The molecule has 0 unspecified atom stereocenters. The van der Waals surface area contributed by atoms with Crippen LogP contribution in [0.15, 0.2) is 47.5 Å². The fraction of sp³-hybridized carbons (Fsp3) is 0.300. The molecule has 1 heterocycles. The van der Waals surface area contributed by atoms with E-state index in [1.54, 1.807) is 25.1 Å². The molecule has 0 N–H and O–H groups in total. The van der Waals surface area contributed by atoms with Crippen molar-refractivity contribution >= 4 is 38.7 Å². The van der Waals surface area contributed by atoms with Gasteiger partial charge in [0.1, 0.15) is 6.54 Å². The first-order chi connectivity index (χ1) is 12.8. The van der Waals surface area contributed by atoms with Crippen LogP contribution in [-0.4, -0.2) is 44.6 Å². The van der Waals surface area contributed by atoms with E-state index in [1.807, 2.05) is 31.2 Å². The van der Waals surface area contributed by atoms with Gasteiger partial charge in [-0.3, -0.25) is 9.79 Å². The lowest BCUT2D eigenvalue weighted by Gasteiger charge is -2.23. The van der Waals surface area contributed by atoms with Gasteiger partial charge in [0.15, 0.2) is 9.84 Å². The molecule has 0 aromatic heterocycles. The Morgan fingerprint density at radius 1 is 1.15 bits per heavy atom. The molecule has 0 saturated heterocycles. The zero-order valence-corrected chi connectivity index (χ0v) is 16.8. The van der Waals surface area contributed by atoms with Crippen LogP contribution in [0.3, 0.4) is 0 Å². The Morgan fingerprint density at radius 2 is 1.89 bits per heavy atom. The van der Waals surface area contributed by atoms with E-state index in [9.17, 15) is 13.2 Å². The topological polar surface area (TPSA) is 66.8 Å². The molecule has 142 valence electrons. The predicted molar refractivity (Wildman–Crippen MR) is 110 cm³/mol. The van der Waals surface area contributed by atoms with Gasteiger partial charge in [-0.1, -0.05) is 42.8 Å². The number of halogens is 1. The second-order valence-electron chi connectivity index (χ2n) is 6.42. The van der Waals surface area contributed by atoms with Crippen LogP contribution in [0.5, 0.6) is 0 Å². The van der Waals surface area contributed by atoms with Gasteiger partial charge < -0.3 is 4.90 Å². The van der Waals surface area contributed by atoms with Gasteiger partial charge in [0.2, 0.25) is 5.91 Å². The lowest BCUT2D eigenvalue weighted by molar-refractivity contribution is -0.117. The normalized spacial score (nSPS) is 14.6. The minimum absolute atomic E-state index is 0.0395. The van der Waals surface area contributed by atoms with E-state index >= 15 is 0 Å². The van der Waals surface area contributed by atoms with E-state index in [0.717, 1.165) is 16.7 Å². The Labute approximate surface area is 164 Å². The number of benzene rings is 2. The molecule has 0 aliphatic carbocycles. The highest BCUT2D eigenvalue weighted by Crippen LogP contribution is 2.30. The summed E-state index contributed by atoms with van der Waals surface area (Å²) in [6, 6.07) is 13.1. The summed E-state index contributed by atoms with van der Waals surface area (Å²) in [6.07, 6.45) is 0. The molecule has 0 radical (unpaired) electrons. The Bertz CT molecular complexity index is 1020. The van der Waals surface area contributed by atoms with Crippen LogP contribution in [-0.2, 0) is 14.6 Å². The van der Waals surface area contributed by atoms with E-state index in [4.69, 9.17) is 11.6 Å². The van der Waals surface area contributed by atoms with Crippen molar-refractivity contribution in [1.29, 1.82) is 0 Å². The van der Waals surface area contributed by atoms with Gasteiger partial charge in [-0.2, -0.15) is 0 Å². The minimum atomic E-state index is -3.19. The van der Waals surface area contributed by atoms with Crippen LogP contribution in [0, 0.1) is 6.92 Å². The maximum Gasteiger partial charge on any atom is 0.248 e. The third kappa shape index (κ3) is 4.22. The van der Waals surface area contributed by atoms with Crippen molar-refractivity contribution in [3.8, 4) is 0 Å². The van der Waals surface area contributed by atoms with Crippen molar-refractivity contribution in [2.45, 2.75) is 13.8 Å². The first-order valence-electron chi connectivity index (χ1n) is 8.73. The van der Waals surface area contributed by atoms with E-state index in [2.05, 4.69) is 4.99 Å². The number of amides is 1. The van der Waals surface area contributed by atoms with Crippen molar-refractivity contribution in [3.05, 3.63) is 64.2 Å². The maximum atomic E-state index is 12.7. The number of sulfone groups is 1. The van der Waals surface area contributed by atoms with Gasteiger partial charge in [0.25, 0.3) is 0 Å². The van der Waals surface area contributed by atoms with Crippen molar-refractivity contribution in [2.24, 2.45) is 4.99 Å². The molecule has 2 aromatic rings. The average molecular weight is 405 g/mol. The number of fused-ring (bicyclic) bond motifs is 1. The second-order valence-corrected chi connectivity index (χ2v) is 9.33. The number of hydrogen-bond acceptors (Lipinski definition) is 4. The first-order valence-corrected chi connectivity index (χ1v) is 10.9. The summed E-state index contributed by atoms with van der Waals surface area (Å²) in [7, 11) is -3.19. The Balaban J connectivity index is 2.10. The highest BCUT2D eigenvalue weighted by molar-refractivity contribution is 7.91. The molecular weight excluding hydrogens is 384 g/mol. The average Bonchev–Trinajstić information content (AvgIpc) is 2.77. The highest BCUT2D eigenvalue weighted by atomic mass is 35.5. The standard InChI is InChI=1S/C20H21ClN2O3S/c1-3-27(25,26)11-10-23-18-9-8-15(21)12-17(18)20(22-13-19(23)24)16-7-5-4-6-14(16)2/h4-9,12H,3,10-11,13H2,1-2H3. The number of benzodiazepines with no additional fused rings is 1. The van der Waals surface area contributed by atoms with E-state index < -0.39 is 9.84 Å². The molecule has 27 heavy (non-hydrogen) atoms. The van der Waals surface area contributed by atoms with Crippen molar-refractivity contribution in [1.82, 2.24) is 0 Å². The summed E-state index contributed by atoms with van der Waals surface area (Å²) < 4.78 is 23.9. The van der Waals surface area contributed by atoms with Gasteiger partial charge in [-0.25, -0.2) is 8.42 Å². The molecule has 5 nitrogen and oxygen atoms in total. The summed E-state index contributed by atoms with van der Waals surface area (Å²) in [5.41, 5.74) is 4.03. The van der Waals surface area contributed by atoms with Crippen LogP contribution in [0.4, 0.5) is 5.69 Å². The minimum Gasteiger partial charge on any atom is -0.309 e. The van der Waals surface area contributed by atoms with Gasteiger partial charge >= 0.3 is 0 Å². The summed E-state index contributed by atoms with van der Waals surface area (Å²) in [4.78, 5) is 18.8. The number of carbonyl (C=O) groups is 1. The highest BCUT2D eigenvalue weighted by Gasteiger charge is 2.26. The van der Waals surface area contributed by atoms with Gasteiger partial charge in [-0.05, 0) is 30.7 Å². The van der Waals surface area contributed by atoms with E-state index in [0.29, 0.717) is 16.4 Å². The lowest BCUT2D eigenvalue weighted by atomic mass is 9.96. The molecule has 3 rings (SSSR count). The number of hydrogen-bond donors (Lipinski definition) is 0. The van der Waals surface area contributed by atoms with Crippen molar-refractivity contribution < 1.29 is 13.2 Å². The largest absolute Gasteiger partial charge is 0.309 e. The molecular formula is C20H21ClN2O3S. The Hall–Kier alpha value is -2.18. The number of aliphatic imine (C=N–C) groups is 1. The number of rotatable bonds is 5. The Kier molecular flexibility index (Phi) is 5.67. The van der Waals surface area contributed by atoms with Crippen LogP contribution in [0.1, 0.15) is 23.6 Å². The lowest BCUT2D eigenvalue weighted by Crippen LogP contribution is -2.36. The monoisotopic (exact) mass is 404 g/mol. The summed E-state index contributed by atoms with van der Waals surface area (Å²) >= 11 is 6.22. The third-order valence-electron chi connectivity index (χ3n) is 4.64. The molecule has 7 heteroatoms. The molecule has 0 atom stereocenters. The van der Waals surface area contributed by atoms with E-state index in [1.165, 1.54) is 4.90 Å². The maximum absolute atomic E-state index is 12.7. The molecule has 0 saturated carbocycles.